The van der Waals surface area contributed by atoms with Crippen molar-refractivity contribution in [3.8, 4) is 0 Å². The van der Waals surface area contributed by atoms with Crippen molar-refractivity contribution in [2.45, 2.75) is 13.0 Å². The van der Waals surface area contributed by atoms with Gasteiger partial charge in [-0.1, -0.05) is 53.5 Å². The molecule has 0 saturated carbocycles. The van der Waals surface area contributed by atoms with Crippen LogP contribution in [0, 0.1) is 0 Å². The minimum atomic E-state index is -0.544. The van der Waals surface area contributed by atoms with Gasteiger partial charge in [0.15, 0.2) is 0 Å². The molecule has 17 heavy (non-hydrogen) atoms. The van der Waals surface area contributed by atoms with Crippen molar-refractivity contribution < 1.29 is 9.59 Å². The van der Waals surface area contributed by atoms with Gasteiger partial charge in [0.1, 0.15) is 10.1 Å². The van der Waals surface area contributed by atoms with Crippen molar-refractivity contribution in [3.05, 3.63) is 46.0 Å². The summed E-state index contributed by atoms with van der Waals surface area (Å²) in [5.41, 5.74) is 0.852. The molecule has 2 rings (SSSR count). The Morgan fingerprint density at radius 3 is 1.94 bits per heavy atom. The van der Waals surface area contributed by atoms with Gasteiger partial charge in [0.25, 0.3) is 11.8 Å². The van der Waals surface area contributed by atoms with Crippen LogP contribution in [0.4, 0.5) is 0 Å². The Balaban J connectivity index is 2.33. The van der Waals surface area contributed by atoms with Crippen LogP contribution in [0.2, 0.25) is 0 Å². The molecule has 1 aromatic rings. The molecule has 1 aliphatic rings. The van der Waals surface area contributed by atoms with Crippen molar-refractivity contribution in [1.29, 1.82) is 0 Å². The molecule has 2 amide bonds. The van der Waals surface area contributed by atoms with E-state index in [0.717, 1.165) is 10.5 Å². The fourth-order valence-corrected chi connectivity index (χ4v) is 2.07. The number of amides is 2. The molecule has 1 aromatic carbocycles. The lowest BCUT2D eigenvalue weighted by atomic mass is 10.1. The Bertz CT molecular complexity index is 486. The van der Waals surface area contributed by atoms with Crippen LogP contribution in [0.15, 0.2) is 40.4 Å². The first-order valence-corrected chi connectivity index (χ1v) is 5.77. The van der Waals surface area contributed by atoms with E-state index in [9.17, 15) is 9.59 Å². The first kappa shape index (κ1) is 12.1. The van der Waals surface area contributed by atoms with E-state index in [1.54, 1.807) is 6.92 Å². The number of hydrogen-bond donors (Lipinski definition) is 0. The minimum Gasteiger partial charge on any atom is -0.267 e. The number of imide groups is 1. The molecule has 0 fully saturated rings. The third-order valence-electron chi connectivity index (χ3n) is 2.68. The van der Waals surface area contributed by atoms with Gasteiger partial charge in [0.05, 0.1) is 6.04 Å². The van der Waals surface area contributed by atoms with E-state index in [2.05, 4.69) is 0 Å². The summed E-state index contributed by atoms with van der Waals surface area (Å²) in [5.74, 6) is -1.09. The highest BCUT2D eigenvalue weighted by Crippen LogP contribution is 2.33. The molecular formula is C12H9Cl2NO2. The van der Waals surface area contributed by atoms with Crippen LogP contribution in [0.25, 0.3) is 0 Å². The predicted octanol–water partition coefficient (Wildman–Crippen LogP) is 2.81. The van der Waals surface area contributed by atoms with E-state index in [1.165, 1.54) is 0 Å². The van der Waals surface area contributed by atoms with Gasteiger partial charge in [-0.15, -0.1) is 0 Å². The van der Waals surface area contributed by atoms with Crippen LogP contribution in [0.5, 0.6) is 0 Å². The zero-order valence-corrected chi connectivity index (χ0v) is 10.5. The topological polar surface area (TPSA) is 37.4 Å². The third kappa shape index (κ3) is 1.96. The normalized spacial score (nSPS) is 17.9. The molecule has 0 N–H and O–H groups in total. The maximum Gasteiger partial charge on any atom is 0.274 e. The van der Waals surface area contributed by atoms with Crippen molar-refractivity contribution in [2.75, 3.05) is 0 Å². The average Bonchev–Trinajstić information content (AvgIpc) is 2.54. The van der Waals surface area contributed by atoms with Gasteiger partial charge in [0.2, 0.25) is 0 Å². The summed E-state index contributed by atoms with van der Waals surface area (Å²) in [6.45, 7) is 1.75. The molecule has 0 aliphatic carbocycles. The first-order valence-electron chi connectivity index (χ1n) is 5.02. The molecule has 0 saturated heterocycles. The van der Waals surface area contributed by atoms with Gasteiger partial charge in [0, 0.05) is 0 Å². The average molecular weight is 270 g/mol. The van der Waals surface area contributed by atoms with Gasteiger partial charge in [-0.3, -0.25) is 14.5 Å². The van der Waals surface area contributed by atoms with Crippen molar-refractivity contribution in [1.82, 2.24) is 4.90 Å². The Morgan fingerprint density at radius 1 is 1.00 bits per heavy atom. The molecule has 1 atom stereocenters. The predicted molar refractivity (Wildman–Crippen MR) is 65.4 cm³/mol. The number of hydrogen-bond acceptors (Lipinski definition) is 2. The van der Waals surface area contributed by atoms with Gasteiger partial charge in [-0.25, -0.2) is 0 Å². The molecule has 5 heteroatoms. The van der Waals surface area contributed by atoms with Gasteiger partial charge in [-0.2, -0.15) is 0 Å². The number of carbonyl (C=O) groups is 2. The fourth-order valence-electron chi connectivity index (χ4n) is 1.72. The largest absolute Gasteiger partial charge is 0.274 e. The van der Waals surface area contributed by atoms with Crippen molar-refractivity contribution in [3.63, 3.8) is 0 Å². The van der Waals surface area contributed by atoms with E-state index in [0.29, 0.717) is 0 Å². The second-order valence-electron chi connectivity index (χ2n) is 3.69. The molecular weight excluding hydrogens is 261 g/mol. The molecule has 0 bridgehead atoms. The summed E-state index contributed by atoms with van der Waals surface area (Å²) < 4.78 is 0. The first-order chi connectivity index (χ1) is 8.04. The Hall–Kier alpha value is -1.32. The third-order valence-corrected chi connectivity index (χ3v) is 3.47. The number of rotatable bonds is 2. The van der Waals surface area contributed by atoms with Crippen LogP contribution in [0.3, 0.4) is 0 Å². The number of benzene rings is 1. The zero-order valence-electron chi connectivity index (χ0n) is 8.98. The minimum absolute atomic E-state index is 0.209. The highest BCUT2D eigenvalue weighted by Gasteiger charge is 2.39. The molecule has 3 nitrogen and oxygen atoms in total. The standard InChI is InChI=1S/C12H9Cl2NO2/c1-7(8-5-3-2-4-6-8)15-11(16)9(13)10(14)12(15)17/h2-7H,1H3/t7-/m0/s1. The fraction of sp³-hybridized carbons (Fsp3) is 0.167. The van der Waals surface area contributed by atoms with Gasteiger partial charge in [-0.05, 0) is 12.5 Å². The van der Waals surface area contributed by atoms with Crippen molar-refractivity contribution >= 4 is 35.0 Å². The van der Waals surface area contributed by atoms with Crippen LogP contribution in [0.1, 0.15) is 18.5 Å². The molecule has 1 heterocycles. The lowest BCUT2D eigenvalue weighted by Crippen LogP contribution is -2.33. The van der Waals surface area contributed by atoms with Crippen molar-refractivity contribution in [2.24, 2.45) is 0 Å². The monoisotopic (exact) mass is 269 g/mol. The smallest absolute Gasteiger partial charge is 0.267 e. The van der Waals surface area contributed by atoms with Gasteiger partial charge < -0.3 is 0 Å². The summed E-state index contributed by atoms with van der Waals surface area (Å²) in [4.78, 5) is 24.6. The SMILES string of the molecule is C[C@@H](c1ccccc1)N1C(=O)C(Cl)=C(Cl)C1=O. The highest BCUT2D eigenvalue weighted by atomic mass is 35.5. The number of nitrogens with zero attached hydrogens (tertiary/aromatic N) is 1. The maximum absolute atomic E-state index is 11.8. The van der Waals surface area contributed by atoms with Crippen LogP contribution >= 0.6 is 23.2 Å². The maximum atomic E-state index is 11.8. The van der Waals surface area contributed by atoms with E-state index in [4.69, 9.17) is 23.2 Å². The second-order valence-corrected chi connectivity index (χ2v) is 4.45. The summed E-state index contributed by atoms with van der Waals surface area (Å²) in [6, 6.07) is 8.83. The molecule has 0 aromatic heterocycles. The Kier molecular flexibility index (Phi) is 3.22. The highest BCUT2D eigenvalue weighted by molar-refractivity contribution is 6.58. The Labute approximate surface area is 109 Å². The number of carbonyl (C=O) groups excluding carboxylic acids is 2. The van der Waals surface area contributed by atoms with Gasteiger partial charge >= 0.3 is 0 Å². The van der Waals surface area contributed by atoms with E-state index >= 15 is 0 Å². The van der Waals surface area contributed by atoms with E-state index in [1.807, 2.05) is 30.3 Å². The summed E-state index contributed by atoms with van der Waals surface area (Å²) in [6.07, 6.45) is 0. The summed E-state index contributed by atoms with van der Waals surface area (Å²) >= 11 is 11.3. The molecule has 0 unspecified atom stereocenters. The van der Waals surface area contributed by atoms with E-state index < -0.39 is 11.8 Å². The lowest BCUT2D eigenvalue weighted by molar-refractivity contribution is -0.139. The Morgan fingerprint density at radius 2 is 1.47 bits per heavy atom. The quantitative estimate of drug-likeness (QED) is 0.775. The summed E-state index contributed by atoms with van der Waals surface area (Å²) in [7, 11) is 0. The number of halogens is 2. The van der Waals surface area contributed by atoms with Crippen LogP contribution in [-0.4, -0.2) is 16.7 Å². The molecule has 1 aliphatic heterocycles. The summed E-state index contributed by atoms with van der Waals surface area (Å²) in [5, 5.41) is -0.418. The molecule has 0 radical (unpaired) electrons. The van der Waals surface area contributed by atoms with E-state index in [-0.39, 0.29) is 16.1 Å². The lowest BCUT2D eigenvalue weighted by Gasteiger charge is -2.22. The molecule has 0 spiro atoms. The van der Waals surface area contributed by atoms with Crippen LogP contribution < -0.4 is 0 Å². The zero-order chi connectivity index (χ0) is 12.6. The molecule has 88 valence electrons. The second kappa shape index (κ2) is 4.51. The van der Waals surface area contributed by atoms with Crippen LogP contribution in [-0.2, 0) is 9.59 Å².